The summed E-state index contributed by atoms with van der Waals surface area (Å²) in [5, 5.41) is 18.8. The minimum Gasteiger partial charge on any atom is -0.362 e. The largest absolute Gasteiger partial charge is 0.362 e. The van der Waals surface area contributed by atoms with Gasteiger partial charge in [0.2, 0.25) is 5.82 Å². The molecule has 1 atom stereocenters. The van der Waals surface area contributed by atoms with E-state index in [2.05, 4.69) is 16.7 Å². The number of thioether (sulfide) groups is 1. The van der Waals surface area contributed by atoms with Gasteiger partial charge in [-0.3, -0.25) is 10.1 Å². The number of nitro groups is 1. The highest BCUT2D eigenvalue weighted by atomic mass is 32.2. The van der Waals surface area contributed by atoms with Gasteiger partial charge in [-0.1, -0.05) is 13.8 Å². The molecule has 0 radical (unpaired) electrons. The summed E-state index contributed by atoms with van der Waals surface area (Å²) in [7, 11) is 1.74. The lowest BCUT2D eigenvalue weighted by atomic mass is 10.1. The van der Waals surface area contributed by atoms with E-state index in [0.717, 1.165) is 12.2 Å². The molecule has 0 aliphatic rings. The number of nitrogens with one attached hydrogen (secondary N) is 1. The van der Waals surface area contributed by atoms with Gasteiger partial charge >= 0.3 is 5.69 Å². The summed E-state index contributed by atoms with van der Waals surface area (Å²) < 4.78 is 1.57. The van der Waals surface area contributed by atoms with Crippen molar-refractivity contribution in [1.82, 2.24) is 9.78 Å². The summed E-state index contributed by atoms with van der Waals surface area (Å²) >= 11 is 1.77. The average molecular weight is 286 g/mol. The van der Waals surface area contributed by atoms with Crippen LogP contribution in [-0.4, -0.2) is 32.8 Å². The summed E-state index contributed by atoms with van der Waals surface area (Å²) in [6.45, 7) is 5.86. The number of aryl methyl sites for hydroxylation is 1. The van der Waals surface area contributed by atoms with Crippen LogP contribution in [0.25, 0.3) is 0 Å². The predicted octanol–water partition coefficient (Wildman–Crippen LogP) is 3.01. The lowest BCUT2D eigenvalue weighted by Crippen LogP contribution is -2.18. The number of nitrogens with zero attached hydrogens (tertiary/aromatic N) is 3. The molecule has 1 unspecified atom stereocenters. The molecule has 108 valence electrons. The molecule has 0 amide bonds. The van der Waals surface area contributed by atoms with Crippen molar-refractivity contribution >= 4 is 23.3 Å². The second-order valence-corrected chi connectivity index (χ2v) is 5.93. The first-order chi connectivity index (χ1) is 8.88. The third-order valence-electron chi connectivity index (χ3n) is 2.92. The molecule has 1 heterocycles. The lowest BCUT2D eigenvalue weighted by molar-refractivity contribution is -0.384. The Bertz CT molecular complexity index is 445. The summed E-state index contributed by atoms with van der Waals surface area (Å²) in [4.78, 5) is 10.9. The Morgan fingerprint density at radius 1 is 1.47 bits per heavy atom. The molecule has 0 saturated carbocycles. The summed E-state index contributed by atoms with van der Waals surface area (Å²) in [6, 6.07) is 0.182. The molecule has 0 fully saturated rings. The number of rotatable bonds is 7. The highest BCUT2D eigenvalue weighted by Crippen LogP contribution is 2.33. The third kappa shape index (κ3) is 3.86. The van der Waals surface area contributed by atoms with Crippen LogP contribution < -0.4 is 5.32 Å². The Balaban J connectivity index is 3.02. The summed E-state index contributed by atoms with van der Waals surface area (Å²) in [5.41, 5.74) is 0.639. The van der Waals surface area contributed by atoms with E-state index in [0.29, 0.717) is 11.5 Å². The molecule has 0 bridgehead atoms. The van der Waals surface area contributed by atoms with E-state index in [1.165, 1.54) is 0 Å². The maximum atomic E-state index is 11.3. The first-order valence-electron chi connectivity index (χ1n) is 6.35. The molecule has 6 nitrogen and oxygen atoms in total. The number of hydrogen-bond donors (Lipinski definition) is 1. The van der Waals surface area contributed by atoms with Crippen molar-refractivity contribution in [3.63, 3.8) is 0 Å². The van der Waals surface area contributed by atoms with Gasteiger partial charge in [0, 0.05) is 19.0 Å². The SMILES string of the molecule is CSCCC(C)Nc1c([N+](=O)[O-])c(C(C)C)nn1C. The molecule has 0 aliphatic heterocycles. The molecule has 0 saturated heterocycles. The van der Waals surface area contributed by atoms with Crippen LogP contribution in [-0.2, 0) is 7.05 Å². The third-order valence-corrected chi connectivity index (χ3v) is 3.56. The molecule has 1 aromatic rings. The zero-order valence-corrected chi connectivity index (χ0v) is 13.0. The van der Waals surface area contributed by atoms with Crippen LogP contribution in [0.1, 0.15) is 38.8 Å². The molecular formula is C12H22N4O2S. The molecule has 0 aromatic carbocycles. The van der Waals surface area contributed by atoms with Gasteiger partial charge in [-0.25, -0.2) is 4.68 Å². The van der Waals surface area contributed by atoms with Gasteiger partial charge in [0.25, 0.3) is 0 Å². The standard InChI is InChI=1S/C12H22N4O2S/c1-8(2)10-11(16(17)18)12(15(4)14-10)13-9(3)6-7-19-5/h8-9,13H,6-7H2,1-5H3. The fourth-order valence-electron chi connectivity index (χ4n) is 1.86. The van der Waals surface area contributed by atoms with Crippen LogP contribution in [0.2, 0.25) is 0 Å². The molecular weight excluding hydrogens is 264 g/mol. The fraction of sp³-hybridized carbons (Fsp3) is 0.750. The summed E-state index contributed by atoms with van der Waals surface area (Å²) in [5.74, 6) is 1.56. The van der Waals surface area contributed by atoms with Gasteiger partial charge in [0.15, 0.2) is 0 Å². The fourth-order valence-corrected chi connectivity index (χ4v) is 2.45. The van der Waals surface area contributed by atoms with Gasteiger partial charge in [0.1, 0.15) is 5.69 Å². The highest BCUT2D eigenvalue weighted by molar-refractivity contribution is 7.98. The molecule has 0 aliphatic carbocycles. The van der Waals surface area contributed by atoms with Crippen LogP contribution in [0.5, 0.6) is 0 Å². The number of hydrogen-bond acceptors (Lipinski definition) is 5. The Kier molecular flexibility index (Phi) is 5.65. The maximum absolute atomic E-state index is 11.3. The first kappa shape index (κ1) is 15.8. The van der Waals surface area contributed by atoms with Crippen molar-refractivity contribution in [2.75, 3.05) is 17.3 Å². The van der Waals surface area contributed by atoms with E-state index >= 15 is 0 Å². The second kappa shape index (κ2) is 6.79. The molecule has 1 rings (SSSR count). The molecule has 0 spiro atoms. The van der Waals surface area contributed by atoms with E-state index in [1.54, 1.807) is 23.5 Å². The zero-order valence-electron chi connectivity index (χ0n) is 12.1. The summed E-state index contributed by atoms with van der Waals surface area (Å²) in [6.07, 6.45) is 3.01. The molecule has 1 aromatic heterocycles. The number of anilines is 1. The Morgan fingerprint density at radius 2 is 2.11 bits per heavy atom. The van der Waals surface area contributed by atoms with Crippen molar-refractivity contribution in [1.29, 1.82) is 0 Å². The number of aromatic nitrogens is 2. The van der Waals surface area contributed by atoms with Crippen molar-refractivity contribution in [2.24, 2.45) is 7.05 Å². The Morgan fingerprint density at radius 3 is 2.58 bits per heavy atom. The van der Waals surface area contributed by atoms with Gasteiger partial charge in [-0.15, -0.1) is 0 Å². The van der Waals surface area contributed by atoms with Crippen LogP contribution >= 0.6 is 11.8 Å². The molecule has 19 heavy (non-hydrogen) atoms. The Hall–Kier alpha value is -1.24. The zero-order chi connectivity index (χ0) is 14.6. The van der Waals surface area contributed by atoms with E-state index < -0.39 is 0 Å². The average Bonchev–Trinajstić information content (AvgIpc) is 2.64. The van der Waals surface area contributed by atoms with Crippen LogP contribution in [0.15, 0.2) is 0 Å². The van der Waals surface area contributed by atoms with E-state index in [4.69, 9.17) is 0 Å². The lowest BCUT2D eigenvalue weighted by Gasteiger charge is -2.13. The van der Waals surface area contributed by atoms with Gasteiger partial charge in [-0.05, 0) is 25.4 Å². The van der Waals surface area contributed by atoms with E-state index in [1.807, 2.05) is 20.8 Å². The first-order valence-corrected chi connectivity index (χ1v) is 7.74. The normalized spacial score (nSPS) is 12.7. The molecule has 7 heteroatoms. The minimum absolute atomic E-state index is 0.0312. The Labute approximate surface area is 118 Å². The van der Waals surface area contributed by atoms with Gasteiger partial charge < -0.3 is 5.32 Å². The minimum atomic E-state index is -0.341. The van der Waals surface area contributed by atoms with Crippen molar-refractivity contribution < 1.29 is 4.92 Å². The predicted molar refractivity (Wildman–Crippen MR) is 80.0 cm³/mol. The van der Waals surface area contributed by atoms with Crippen molar-refractivity contribution in [3.8, 4) is 0 Å². The highest BCUT2D eigenvalue weighted by Gasteiger charge is 2.28. The van der Waals surface area contributed by atoms with Gasteiger partial charge in [-0.2, -0.15) is 16.9 Å². The quantitative estimate of drug-likeness (QED) is 0.616. The topological polar surface area (TPSA) is 73.0 Å². The smallest absolute Gasteiger partial charge is 0.334 e. The maximum Gasteiger partial charge on any atom is 0.334 e. The monoisotopic (exact) mass is 286 g/mol. The van der Waals surface area contributed by atoms with Crippen LogP contribution in [0, 0.1) is 10.1 Å². The van der Waals surface area contributed by atoms with Crippen LogP contribution in [0.3, 0.4) is 0 Å². The van der Waals surface area contributed by atoms with Crippen molar-refractivity contribution in [3.05, 3.63) is 15.8 Å². The van der Waals surface area contributed by atoms with E-state index in [9.17, 15) is 10.1 Å². The van der Waals surface area contributed by atoms with Gasteiger partial charge in [0.05, 0.1) is 4.92 Å². The van der Waals surface area contributed by atoms with E-state index in [-0.39, 0.29) is 22.6 Å². The van der Waals surface area contributed by atoms with Crippen molar-refractivity contribution in [2.45, 2.75) is 39.2 Å². The molecule has 1 N–H and O–H groups in total. The second-order valence-electron chi connectivity index (χ2n) is 4.94. The van der Waals surface area contributed by atoms with Crippen LogP contribution in [0.4, 0.5) is 11.5 Å².